The Bertz CT molecular complexity index is 611. The molecule has 1 heterocycles. The van der Waals surface area contributed by atoms with Gasteiger partial charge < -0.3 is 9.47 Å². The van der Waals surface area contributed by atoms with Gasteiger partial charge in [0.2, 0.25) is 6.20 Å². The van der Waals surface area contributed by atoms with E-state index in [0.717, 1.165) is 5.56 Å². The summed E-state index contributed by atoms with van der Waals surface area (Å²) in [6.07, 6.45) is 3.18. The maximum Gasteiger partial charge on any atom is 0.344 e. The molecule has 0 bridgehead atoms. The van der Waals surface area contributed by atoms with Gasteiger partial charge in [0.05, 0.1) is 14.2 Å². The van der Waals surface area contributed by atoms with Crippen molar-refractivity contribution in [2.24, 2.45) is 0 Å². The van der Waals surface area contributed by atoms with Crippen molar-refractivity contribution < 1.29 is 18.9 Å². The van der Waals surface area contributed by atoms with E-state index in [1.165, 1.54) is 18.0 Å². The number of pyridine rings is 1. The second kappa shape index (κ2) is 5.39. The van der Waals surface area contributed by atoms with E-state index >= 15 is 0 Å². The number of nitrogen functional groups attached to an aromatic ring is 1. The van der Waals surface area contributed by atoms with Gasteiger partial charge in [-0.2, -0.15) is 0 Å². The zero-order valence-electron chi connectivity index (χ0n) is 10.8. The summed E-state index contributed by atoms with van der Waals surface area (Å²) in [5, 5.41) is 0. The first-order valence-electron chi connectivity index (χ1n) is 5.69. The van der Waals surface area contributed by atoms with Gasteiger partial charge in [0.25, 0.3) is 0 Å². The number of esters is 1. The largest absolute Gasteiger partial charge is 0.496 e. The van der Waals surface area contributed by atoms with Gasteiger partial charge in [-0.3, -0.25) is 0 Å². The van der Waals surface area contributed by atoms with Gasteiger partial charge in [0, 0.05) is 17.2 Å². The van der Waals surface area contributed by atoms with Crippen LogP contribution in [0.2, 0.25) is 0 Å². The molecule has 0 aliphatic carbocycles. The molecular weight excluding hydrogens is 244 g/mol. The monoisotopic (exact) mass is 259 g/mol. The number of benzene rings is 1. The number of rotatable bonds is 3. The van der Waals surface area contributed by atoms with E-state index in [1.807, 2.05) is 24.3 Å². The number of hydrogen-bond donors (Lipinski definition) is 1. The second-order valence-corrected chi connectivity index (χ2v) is 3.91. The third-order valence-corrected chi connectivity index (χ3v) is 2.78. The molecule has 0 unspecified atom stereocenters. The van der Waals surface area contributed by atoms with Crippen molar-refractivity contribution in [1.82, 2.24) is 0 Å². The molecule has 0 amide bonds. The zero-order chi connectivity index (χ0) is 13.8. The van der Waals surface area contributed by atoms with Gasteiger partial charge >= 0.3 is 5.97 Å². The first-order valence-corrected chi connectivity index (χ1v) is 5.69. The first kappa shape index (κ1) is 12.9. The highest BCUT2D eigenvalue weighted by Gasteiger charge is 2.19. The van der Waals surface area contributed by atoms with Crippen molar-refractivity contribution in [3.63, 3.8) is 0 Å². The lowest BCUT2D eigenvalue weighted by molar-refractivity contribution is -0.638. The maximum atomic E-state index is 11.8. The van der Waals surface area contributed by atoms with Crippen molar-refractivity contribution >= 4 is 5.97 Å². The van der Waals surface area contributed by atoms with Gasteiger partial charge in [0.15, 0.2) is 6.20 Å². The Hall–Kier alpha value is -2.56. The Balaban J connectivity index is 2.65. The van der Waals surface area contributed by atoms with Crippen LogP contribution in [0.25, 0.3) is 11.1 Å². The maximum absolute atomic E-state index is 11.8. The molecule has 0 aliphatic rings. The van der Waals surface area contributed by atoms with E-state index in [4.69, 9.17) is 15.3 Å². The topological polar surface area (TPSA) is 65.4 Å². The third kappa shape index (κ3) is 2.49. The number of ether oxygens (including phenoxy) is 2. The van der Waals surface area contributed by atoms with Crippen LogP contribution < -0.4 is 15.3 Å². The Kier molecular flexibility index (Phi) is 3.66. The van der Waals surface area contributed by atoms with Crippen LogP contribution in [0.4, 0.5) is 0 Å². The molecular formula is C14H15N2O3+. The van der Waals surface area contributed by atoms with Crippen LogP contribution in [0.3, 0.4) is 0 Å². The summed E-state index contributed by atoms with van der Waals surface area (Å²) in [5.41, 5.74) is 1.91. The van der Waals surface area contributed by atoms with Crippen molar-refractivity contribution in [3.05, 3.63) is 48.3 Å². The fourth-order valence-corrected chi connectivity index (χ4v) is 1.89. The SMILES string of the molecule is COC(=O)c1c[n+](N)ccc1-c1ccccc1OC. The van der Waals surface area contributed by atoms with E-state index < -0.39 is 5.97 Å². The highest BCUT2D eigenvalue weighted by molar-refractivity contribution is 5.97. The molecule has 5 nitrogen and oxygen atoms in total. The summed E-state index contributed by atoms with van der Waals surface area (Å²) in [6.45, 7) is 0. The number of carbonyl (C=O) groups excluding carboxylic acids is 1. The van der Waals surface area contributed by atoms with E-state index in [9.17, 15) is 4.79 Å². The lowest BCUT2D eigenvalue weighted by Gasteiger charge is -2.10. The van der Waals surface area contributed by atoms with Gasteiger partial charge in [-0.25, -0.2) is 10.6 Å². The summed E-state index contributed by atoms with van der Waals surface area (Å²) >= 11 is 0. The molecule has 0 fully saturated rings. The van der Waals surface area contributed by atoms with Crippen molar-refractivity contribution in [3.8, 4) is 16.9 Å². The van der Waals surface area contributed by atoms with E-state index in [2.05, 4.69) is 0 Å². The summed E-state index contributed by atoms with van der Waals surface area (Å²) < 4.78 is 11.4. The number of nitrogens with two attached hydrogens (primary N) is 1. The molecule has 0 atom stereocenters. The van der Waals surface area contributed by atoms with Gasteiger partial charge in [-0.1, -0.05) is 22.9 Å². The summed E-state index contributed by atoms with van der Waals surface area (Å²) in [4.78, 5) is 11.8. The predicted molar refractivity (Wildman–Crippen MR) is 70.1 cm³/mol. The molecule has 98 valence electrons. The Morgan fingerprint density at radius 3 is 2.58 bits per heavy atom. The van der Waals surface area contributed by atoms with Crippen molar-refractivity contribution in [2.75, 3.05) is 20.1 Å². The number of methoxy groups -OCH3 is 2. The number of nitrogens with zero attached hydrogens (tertiary/aromatic N) is 1. The molecule has 2 aromatic rings. The number of para-hydroxylation sites is 1. The summed E-state index contributed by atoms with van der Waals surface area (Å²) in [6, 6.07) is 9.21. The number of aromatic nitrogens is 1. The highest BCUT2D eigenvalue weighted by atomic mass is 16.5. The summed E-state index contributed by atoms with van der Waals surface area (Å²) in [7, 11) is 2.92. The molecule has 0 radical (unpaired) electrons. The number of carbonyl (C=O) groups is 1. The standard InChI is InChI=1S/C14H15N2O3/c1-18-13-6-4-3-5-11(13)10-7-8-16(15)9-12(10)14(17)19-2/h3-9H,15H2,1-2H3/q+1. The van der Waals surface area contributed by atoms with Crippen LogP contribution in [-0.2, 0) is 4.74 Å². The molecule has 19 heavy (non-hydrogen) atoms. The molecule has 0 spiro atoms. The second-order valence-electron chi connectivity index (χ2n) is 3.91. The molecule has 0 saturated heterocycles. The molecule has 0 saturated carbocycles. The van der Waals surface area contributed by atoms with Crippen LogP contribution in [0, 0.1) is 0 Å². The smallest absolute Gasteiger partial charge is 0.344 e. The lowest BCUT2D eigenvalue weighted by atomic mass is 10.0. The van der Waals surface area contributed by atoms with E-state index in [0.29, 0.717) is 16.9 Å². The summed E-state index contributed by atoms with van der Waals surface area (Å²) in [5.74, 6) is 5.89. The zero-order valence-corrected chi connectivity index (χ0v) is 10.8. The molecule has 2 rings (SSSR count). The molecule has 1 aromatic heterocycles. The van der Waals surface area contributed by atoms with E-state index in [1.54, 1.807) is 19.4 Å². The molecule has 5 heteroatoms. The molecule has 0 aliphatic heterocycles. The fraction of sp³-hybridized carbons (Fsp3) is 0.143. The third-order valence-electron chi connectivity index (χ3n) is 2.78. The quantitative estimate of drug-likeness (QED) is 0.510. The average Bonchev–Trinajstić information content (AvgIpc) is 2.46. The van der Waals surface area contributed by atoms with Crippen LogP contribution >= 0.6 is 0 Å². The highest BCUT2D eigenvalue weighted by Crippen LogP contribution is 2.31. The minimum Gasteiger partial charge on any atom is -0.496 e. The van der Waals surface area contributed by atoms with Crippen LogP contribution in [0.1, 0.15) is 10.4 Å². The van der Waals surface area contributed by atoms with Crippen molar-refractivity contribution in [1.29, 1.82) is 0 Å². The first-order chi connectivity index (χ1) is 9.17. The minimum absolute atomic E-state index is 0.386. The number of hydrogen-bond acceptors (Lipinski definition) is 4. The minimum atomic E-state index is -0.444. The fourth-order valence-electron chi connectivity index (χ4n) is 1.89. The molecule has 1 aromatic carbocycles. The Morgan fingerprint density at radius 1 is 1.16 bits per heavy atom. The van der Waals surface area contributed by atoms with E-state index in [-0.39, 0.29) is 0 Å². The predicted octanol–water partition coefficient (Wildman–Crippen LogP) is 1.15. The normalized spacial score (nSPS) is 10.0. The van der Waals surface area contributed by atoms with Crippen LogP contribution in [0.15, 0.2) is 42.7 Å². The van der Waals surface area contributed by atoms with Gasteiger partial charge in [0.1, 0.15) is 11.3 Å². The molecule has 2 N–H and O–H groups in total. The van der Waals surface area contributed by atoms with Gasteiger partial charge in [-0.05, 0) is 6.07 Å². The Morgan fingerprint density at radius 2 is 1.89 bits per heavy atom. The van der Waals surface area contributed by atoms with Crippen LogP contribution in [0.5, 0.6) is 5.75 Å². The van der Waals surface area contributed by atoms with Crippen LogP contribution in [-0.4, -0.2) is 20.2 Å². The van der Waals surface area contributed by atoms with Crippen molar-refractivity contribution in [2.45, 2.75) is 0 Å². The van der Waals surface area contributed by atoms with Gasteiger partial charge in [-0.15, -0.1) is 0 Å². The Labute approximate surface area is 111 Å². The average molecular weight is 259 g/mol. The lowest BCUT2D eigenvalue weighted by Crippen LogP contribution is -2.44.